The monoisotopic (exact) mass is 296 g/mol. The van der Waals surface area contributed by atoms with E-state index in [0.717, 1.165) is 51.6 Å². The molecule has 2 rings (SSSR count). The van der Waals surface area contributed by atoms with E-state index in [9.17, 15) is 14.7 Å². The minimum Gasteiger partial charge on any atom is -0.480 e. The van der Waals surface area contributed by atoms with Crippen LogP contribution in [-0.2, 0) is 4.79 Å². The predicted octanol–water partition coefficient (Wildman–Crippen LogP) is 3.00. The van der Waals surface area contributed by atoms with Crippen molar-refractivity contribution in [2.75, 3.05) is 13.1 Å². The summed E-state index contributed by atoms with van der Waals surface area (Å²) in [6, 6.07) is -0.183. The number of nitrogens with one attached hydrogen (secondary N) is 1. The van der Waals surface area contributed by atoms with Gasteiger partial charge in [0.1, 0.15) is 5.54 Å². The summed E-state index contributed by atoms with van der Waals surface area (Å²) in [6.45, 7) is 3.66. The number of rotatable bonds is 3. The van der Waals surface area contributed by atoms with Gasteiger partial charge in [0.05, 0.1) is 0 Å². The molecule has 2 fully saturated rings. The van der Waals surface area contributed by atoms with Crippen molar-refractivity contribution >= 4 is 12.0 Å². The van der Waals surface area contributed by atoms with Gasteiger partial charge in [0.25, 0.3) is 0 Å². The third-order valence-corrected chi connectivity index (χ3v) is 5.10. The Bertz CT molecular complexity index is 376. The molecule has 0 aromatic rings. The minimum atomic E-state index is -1.05. The molecule has 5 nitrogen and oxygen atoms in total. The van der Waals surface area contributed by atoms with Crippen LogP contribution in [0.5, 0.6) is 0 Å². The van der Waals surface area contributed by atoms with Gasteiger partial charge in [0.2, 0.25) is 0 Å². The van der Waals surface area contributed by atoms with Gasteiger partial charge in [-0.1, -0.05) is 39.0 Å². The van der Waals surface area contributed by atoms with Crippen LogP contribution in [0.3, 0.4) is 0 Å². The largest absolute Gasteiger partial charge is 0.480 e. The third-order valence-electron chi connectivity index (χ3n) is 5.10. The molecular formula is C16H28N2O3. The third kappa shape index (κ3) is 3.89. The van der Waals surface area contributed by atoms with Crippen molar-refractivity contribution in [1.29, 1.82) is 0 Å². The van der Waals surface area contributed by atoms with E-state index in [0.29, 0.717) is 18.8 Å². The number of carbonyl (C=O) groups is 2. The van der Waals surface area contributed by atoms with Gasteiger partial charge in [-0.2, -0.15) is 0 Å². The van der Waals surface area contributed by atoms with E-state index in [1.165, 1.54) is 6.42 Å². The fourth-order valence-corrected chi connectivity index (χ4v) is 3.59. The number of urea groups is 1. The second-order valence-corrected chi connectivity index (χ2v) is 6.59. The molecule has 0 aromatic heterocycles. The van der Waals surface area contributed by atoms with Crippen LogP contribution >= 0.6 is 0 Å². The van der Waals surface area contributed by atoms with Crippen molar-refractivity contribution in [3.8, 4) is 0 Å². The number of carboxylic acids is 1. The lowest BCUT2D eigenvalue weighted by molar-refractivity contribution is -0.145. The number of carbonyl (C=O) groups excluding carboxylic acids is 1. The average molecular weight is 296 g/mol. The maximum atomic E-state index is 12.5. The van der Waals surface area contributed by atoms with E-state index in [4.69, 9.17) is 0 Å². The maximum absolute atomic E-state index is 12.5. The molecule has 1 atom stereocenters. The zero-order valence-electron chi connectivity index (χ0n) is 13.1. The van der Waals surface area contributed by atoms with Crippen molar-refractivity contribution in [3.05, 3.63) is 0 Å². The highest BCUT2D eigenvalue weighted by atomic mass is 16.4. The number of likely N-dealkylation sites (tertiary alicyclic amines) is 1. The number of hydrogen-bond donors (Lipinski definition) is 2. The van der Waals surface area contributed by atoms with Crippen LogP contribution in [0.4, 0.5) is 4.79 Å². The first-order chi connectivity index (χ1) is 10.1. The zero-order valence-corrected chi connectivity index (χ0v) is 13.1. The van der Waals surface area contributed by atoms with Crippen molar-refractivity contribution in [2.24, 2.45) is 5.92 Å². The standard InChI is InChI=1S/C16H28N2O3/c1-2-13-8-7-11-18(12-13)15(21)17-16(14(19)20)9-5-3-4-6-10-16/h13H,2-12H2,1H3,(H,17,21)(H,19,20). The van der Waals surface area contributed by atoms with Gasteiger partial charge in [-0.05, 0) is 31.6 Å². The summed E-state index contributed by atoms with van der Waals surface area (Å²) in [6.07, 6.45) is 8.26. The molecule has 5 heteroatoms. The first kappa shape index (κ1) is 16.1. The summed E-state index contributed by atoms with van der Waals surface area (Å²) >= 11 is 0. The highest BCUT2D eigenvalue weighted by Gasteiger charge is 2.41. The first-order valence-electron chi connectivity index (χ1n) is 8.38. The van der Waals surface area contributed by atoms with Crippen molar-refractivity contribution in [2.45, 2.75) is 70.3 Å². The molecule has 21 heavy (non-hydrogen) atoms. The molecule has 0 aromatic carbocycles. The van der Waals surface area contributed by atoms with Gasteiger partial charge in [-0.25, -0.2) is 9.59 Å². The second-order valence-electron chi connectivity index (χ2n) is 6.59. The molecule has 120 valence electrons. The zero-order chi connectivity index (χ0) is 15.3. The van der Waals surface area contributed by atoms with Crippen LogP contribution in [0.25, 0.3) is 0 Å². The highest BCUT2D eigenvalue weighted by molar-refractivity contribution is 5.86. The topological polar surface area (TPSA) is 69.6 Å². The fraction of sp³-hybridized carbons (Fsp3) is 0.875. The number of nitrogens with zero attached hydrogens (tertiary/aromatic N) is 1. The molecule has 1 saturated carbocycles. The van der Waals surface area contributed by atoms with Gasteiger partial charge in [0, 0.05) is 13.1 Å². The Kier molecular flexibility index (Phi) is 5.48. The van der Waals surface area contributed by atoms with Crippen molar-refractivity contribution < 1.29 is 14.7 Å². The lowest BCUT2D eigenvalue weighted by Gasteiger charge is -2.36. The summed E-state index contributed by atoms with van der Waals surface area (Å²) in [5, 5.41) is 12.5. The summed E-state index contributed by atoms with van der Waals surface area (Å²) in [5.41, 5.74) is -1.05. The molecule has 1 saturated heterocycles. The summed E-state index contributed by atoms with van der Waals surface area (Å²) in [7, 11) is 0. The van der Waals surface area contributed by atoms with E-state index in [-0.39, 0.29) is 6.03 Å². The van der Waals surface area contributed by atoms with Crippen LogP contribution in [-0.4, -0.2) is 40.6 Å². The molecule has 0 spiro atoms. The molecule has 1 unspecified atom stereocenters. The Balaban J connectivity index is 2.02. The van der Waals surface area contributed by atoms with Crippen LogP contribution in [0, 0.1) is 5.92 Å². The number of carboxylic acid groups (broad SMARTS) is 1. The predicted molar refractivity (Wildman–Crippen MR) is 81.2 cm³/mol. The molecule has 2 N–H and O–H groups in total. The van der Waals surface area contributed by atoms with Gasteiger partial charge in [-0.3, -0.25) is 0 Å². The lowest BCUT2D eigenvalue weighted by Crippen LogP contribution is -2.58. The molecule has 0 radical (unpaired) electrons. The Hall–Kier alpha value is -1.26. The normalized spacial score (nSPS) is 26.0. The van der Waals surface area contributed by atoms with Gasteiger partial charge >= 0.3 is 12.0 Å². The number of piperidine rings is 1. The van der Waals surface area contributed by atoms with Crippen LogP contribution in [0.2, 0.25) is 0 Å². The Morgan fingerprint density at radius 3 is 2.43 bits per heavy atom. The fourth-order valence-electron chi connectivity index (χ4n) is 3.59. The minimum absolute atomic E-state index is 0.183. The van der Waals surface area contributed by atoms with Crippen LogP contribution in [0.1, 0.15) is 64.7 Å². The number of aliphatic carboxylic acids is 1. The van der Waals surface area contributed by atoms with E-state index in [1.54, 1.807) is 0 Å². The van der Waals surface area contributed by atoms with Gasteiger partial charge in [-0.15, -0.1) is 0 Å². The Morgan fingerprint density at radius 2 is 1.86 bits per heavy atom. The van der Waals surface area contributed by atoms with Crippen molar-refractivity contribution in [3.63, 3.8) is 0 Å². The van der Waals surface area contributed by atoms with E-state index < -0.39 is 11.5 Å². The lowest BCUT2D eigenvalue weighted by atomic mass is 9.90. The second kappa shape index (κ2) is 7.14. The molecular weight excluding hydrogens is 268 g/mol. The smallest absolute Gasteiger partial charge is 0.329 e. The Morgan fingerprint density at radius 1 is 1.19 bits per heavy atom. The molecule has 2 aliphatic rings. The van der Waals surface area contributed by atoms with Crippen LogP contribution < -0.4 is 5.32 Å². The SMILES string of the molecule is CCC1CCCN(C(=O)NC2(C(=O)O)CCCCCC2)C1. The molecule has 1 heterocycles. The van der Waals surface area contributed by atoms with E-state index >= 15 is 0 Å². The van der Waals surface area contributed by atoms with E-state index in [2.05, 4.69) is 12.2 Å². The average Bonchev–Trinajstić information content (AvgIpc) is 2.74. The maximum Gasteiger partial charge on any atom is 0.329 e. The summed E-state index contributed by atoms with van der Waals surface area (Å²) < 4.78 is 0. The van der Waals surface area contributed by atoms with Crippen LogP contribution in [0.15, 0.2) is 0 Å². The number of amides is 2. The molecule has 1 aliphatic carbocycles. The number of hydrogen-bond acceptors (Lipinski definition) is 2. The summed E-state index contributed by atoms with van der Waals surface area (Å²) in [4.78, 5) is 26.0. The van der Waals surface area contributed by atoms with E-state index in [1.807, 2.05) is 4.90 Å². The molecule has 1 aliphatic heterocycles. The quantitative estimate of drug-likeness (QED) is 0.787. The van der Waals surface area contributed by atoms with Gasteiger partial charge < -0.3 is 15.3 Å². The Labute approximate surface area is 127 Å². The highest BCUT2D eigenvalue weighted by Crippen LogP contribution is 2.28. The summed E-state index contributed by atoms with van der Waals surface area (Å²) in [5.74, 6) is -0.318. The molecule has 2 amide bonds. The first-order valence-corrected chi connectivity index (χ1v) is 8.38. The molecule has 0 bridgehead atoms. The van der Waals surface area contributed by atoms with Gasteiger partial charge in [0.15, 0.2) is 0 Å². The van der Waals surface area contributed by atoms with Crippen molar-refractivity contribution in [1.82, 2.24) is 10.2 Å².